The Bertz CT molecular complexity index is 866. The van der Waals surface area contributed by atoms with E-state index in [0.717, 1.165) is 15.6 Å². The van der Waals surface area contributed by atoms with Crippen molar-refractivity contribution in [1.29, 1.82) is 0 Å². The van der Waals surface area contributed by atoms with Crippen LogP contribution < -0.4 is 5.32 Å². The molecule has 3 rings (SSSR count). The number of aryl methyl sites for hydroxylation is 1. The van der Waals surface area contributed by atoms with Crippen LogP contribution in [0.1, 0.15) is 34.0 Å². The van der Waals surface area contributed by atoms with Gasteiger partial charge in [-0.2, -0.15) is 0 Å². The molecule has 1 N–H and O–H groups in total. The number of hydrogen-bond acceptors (Lipinski definition) is 5. The number of nitrogens with one attached hydrogen (secondary N) is 1. The normalized spacial score (nSPS) is 12.1. The van der Waals surface area contributed by atoms with Gasteiger partial charge < -0.3 is 14.5 Å². The van der Waals surface area contributed by atoms with Gasteiger partial charge in [0.1, 0.15) is 10.6 Å². The number of carbonyl (C=O) groups excluding carboxylic acids is 2. The molecule has 0 aliphatic heterocycles. The summed E-state index contributed by atoms with van der Waals surface area (Å²) in [5.74, 6) is -0.199. The van der Waals surface area contributed by atoms with Gasteiger partial charge in [-0.3, -0.25) is 4.79 Å². The van der Waals surface area contributed by atoms with Gasteiger partial charge in [-0.25, -0.2) is 4.79 Å². The minimum Gasteiger partial charge on any atom is -0.467 e. The van der Waals surface area contributed by atoms with Gasteiger partial charge in [-0.1, -0.05) is 18.2 Å². The van der Waals surface area contributed by atoms with Gasteiger partial charge in [0.05, 0.1) is 12.3 Å². The Morgan fingerprint density at radius 2 is 2.04 bits per heavy atom. The fraction of sp³-hybridized carbons (Fsp3) is 0.222. The molecule has 0 saturated carbocycles. The van der Waals surface area contributed by atoms with Crippen molar-refractivity contribution in [1.82, 2.24) is 5.32 Å². The van der Waals surface area contributed by atoms with Crippen LogP contribution in [0.3, 0.4) is 0 Å². The molecule has 6 heteroatoms. The maximum Gasteiger partial charge on any atom is 0.349 e. The predicted octanol–water partition coefficient (Wildman–Crippen LogP) is 3.84. The third-order valence-corrected chi connectivity index (χ3v) is 4.96. The van der Waals surface area contributed by atoms with Crippen molar-refractivity contribution in [3.05, 3.63) is 58.9 Å². The monoisotopic (exact) mass is 343 g/mol. The van der Waals surface area contributed by atoms with Gasteiger partial charge >= 0.3 is 5.97 Å². The molecule has 2 heterocycles. The van der Waals surface area contributed by atoms with Gasteiger partial charge in [0.25, 0.3) is 5.91 Å². The second kappa shape index (κ2) is 6.88. The molecule has 124 valence electrons. The SMILES string of the molecule is Cc1c(C(=O)OCC(=O)N[C@@H](C)c2ccco2)sc2ccccc12. The zero-order valence-corrected chi connectivity index (χ0v) is 14.2. The number of carbonyl (C=O) groups is 2. The minimum atomic E-state index is -0.477. The maximum atomic E-state index is 12.2. The van der Waals surface area contributed by atoms with Crippen LogP contribution >= 0.6 is 11.3 Å². The van der Waals surface area contributed by atoms with Crippen LogP contribution in [0.15, 0.2) is 47.1 Å². The van der Waals surface area contributed by atoms with Crippen molar-refractivity contribution in [2.24, 2.45) is 0 Å². The minimum absolute atomic E-state index is 0.280. The topological polar surface area (TPSA) is 68.5 Å². The highest BCUT2D eigenvalue weighted by Crippen LogP contribution is 2.30. The van der Waals surface area contributed by atoms with E-state index in [1.54, 1.807) is 25.3 Å². The molecule has 1 atom stereocenters. The molecule has 1 aromatic carbocycles. The third kappa shape index (κ3) is 3.33. The van der Waals surface area contributed by atoms with Crippen molar-refractivity contribution in [2.45, 2.75) is 19.9 Å². The van der Waals surface area contributed by atoms with E-state index in [-0.39, 0.29) is 18.6 Å². The van der Waals surface area contributed by atoms with Crippen molar-refractivity contribution < 1.29 is 18.7 Å². The van der Waals surface area contributed by atoms with Crippen LogP contribution in [0.5, 0.6) is 0 Å². The molecule has 2 aromatic heterocycles. The zero-order chi connectivity index (χ0) is 17.1. The van der Waals surface area contributed by atoms with E-state index in [0.29, 0.717) is 10.6 Å². The average Bonchev–Trinajstić information content (AvgIpc) is 3.21. The molecule has 0 fully saturated rings. The first-order valence-corrected chi connectivity index (χ1v) is 8.36. The van der Waals surface area contributed by atoms with Gasteiger partial charge in [0, 0.05) is 4.70 Å². The molecular formula is C18H17NO4S. The summed E-state index contributed by atoms with van der Waals surface area (Å²) in [7, 11) is 0. The summed E-state index contributed by atoms with van der Waals surface area (Å²) >= 11 is 1.37. The van der Waals surface area contributed by atoms with E-state index in [2.05, 4.69) is 5.32 Å². The van der Waals surface area contributed by atoms with Crippen molar-refractivity contribution >= 4 is 33.3 Å². The lowest BCUT2D eigenvalue weighted by Crippen LogP contribution is -2.30. The number of rotatable bonds is 5. The summed E-state index contributed by atoms with van der Waals surface area (Å²) in [5.41, 5.74) is 0.880. The van der Waals surface area contributed by atoms with Crippen molar-refractivity contribution in [3.8, 4) is 0 Å². The average molecular weight is 343 g/mol. The van der Waals surface area contributed by atoms with Gasteiger partial charge in [-0.05, 0) is 43.0 Å². The lowest BCUT2D eigenvalue weighted by Gasteiger charge is -2.11. The van der Waals surface area contributed by atoms with E-state index >= 15 is 0 Å². The van der Waals surface area contributed by atoms with Crippen LogP contribution in [0.2, 0.25) is 0 Å². The Morgan fingerprint density at radius 3 is 2.75 bits per heavy atom. The number of furan rings is 1. The highest BCUT2D eigenvalue weighted by Gasteiger charge is 2.18. The summed E-state index contributed by atoms with van der Waals surface area (Å²) in [6, 6.07) is 11.0. The summed E-state index contributed by atoms with van der Waals surface area (Å²) in [6.07, 6.45) is 1.54. The number of ether oxygens (including phenoxy) is 1. The second-order valence-electron chi connectivity index (χ2n) is 5.43. The fourth-order valence-corrected chi connectivity index (χ4v) is 3.56. The van der Waals surface area contributed by atoms with Gasteiger partial charge in [0.15, 0.2) is 6.61 Å². The molecule has 0 radical (unpaired) electrons. The third-order valence-electron chi connectivity index (χ3n) is 3.71. The number of hydrogen-bond donors (Lipinski definition) is 1. The largest absolute Gasteiger partial charge is 0.467 e. The highest BCUT2D eigenvalue weighted by molar-refractivity contribution is 7.21. The number of fused-ring (bicyclic) bond motifs is 1. The predicted molar refractivity (Wildman–Crippen MR) is 92.1 cm³/mol. The fourth-order valence-electron chi connectivity index (χ4n) is 2.46. The highest BCUT2D eigenvalue weighted by atomic mass is 32.1. The van der Waals surface area contributed by atoms with Gasteiger partial charge in [0.2, 0.25) is 0 Å². The molecule has 0 saturated heterocycles. The first-order chi connectivity index (χ1) is 11.6. The molecule has 1 amide bonds. The molecule has 0 aliphatic carbocycles. The Hall–Kier alpha value is -2.60. The summed E-state index contributed by atoms with van der Waals surface area (Å²) < 4.78 is 11.4. The lowest BCUT2D eigenvalue weighted by atomic mass is 10.1. The lowest BCUT2D eigenvalue weighted by molar-refractivity contribution is -0.125. The van der Waals surface area contributed by atoms with Crippen LogP contribution in [0.25, 0.3) is 10.1 Å². The number of esters is 1. The van der Waals surface area contributed by atoms with Crippen LogP contribution in [-0.4, -0.2) is 18.5 Å². The van der Waals surface area contributed by atoms with E-state index in [9.17, 15) is 9.59 Å². The smallest absolute Gasteiger partial charge is 0.349 e. The van der Waals surface area contributed by atoms with Crippen LogP contribution in [0.4, 0.5) is 0 Å². The standard InChI is InChI=1S/C18H17NO4S/c1-11-13-6-3-4-8-15(13)24-17(11)18(21)23-10-16(20)19-12(2)14-7-5-9-22-14/h3-9,12H,10H2,1-2H3,(H,19,20)/t12-/m0/s1. The second-order valence-corrected chi connectivity index (χ2v) is 6.49. The molecule has 0 aliphatic rings. The molecule has 0 unspecified atom stereocenters. The van der Waals surface area contributed by atoms with Gasteiger partial charge in [-0.15, -0.1) is 11.3 Å². The van der Waals surface area contributed by atoms with E-state index in [1.807, 2.05) is 31.2 Å². The summed E-state index contributed by atoms with van der Waals surface area (Å²) in [6.45, 7) is 3.36. The number of thiophene rings is 1. The summed E-state index contributed by atoms with van der Waals surface area (Å²) in [4.78, 5) is 24.7. The molecule has 0 bridgehead atoms. The quantitative estimate of drug-likeness (QED) is 0.715. The Balaban J connectivity index is 1.60. The molecule has 0 spiro atoms. The van der Waals surface area contributed by atoms with E-state index in [1.165, 1.54) is 11.3 Å². The van der Waals surface area contributed by atoms with Crippen molar-refractivity contribution in [2.75, 3.05) is 6.61 Å². The van der Waals surface area contributed by atoms with E-state index < -0.39 is 5.97 Å². The number of benzene rings is 1. The molecular weight excluding hydrogens is 326 g/mol. The van der Waals surface area contributed by atoms with Crippen LogP contribution in [-0.2, 0) is 9.53 Å². The zero-order valence-electron chi connectivity index (χ0n) is 13.4. The van der Waals surface area contributed by atoms with Crippen LogP contribution in [0, 0.1) is 6.92 Å². The molecule has 24 heavy (non-hydrogen) atoms. The Kier molecular flexibility index (Phi) is 4.66. The first kappa shape index (κ1) is 16.3. The van der Waals surface area contributed by atoms with Crippen molar-refractivity contribution in [3.63, 3.8) is 0 Å². The summed E-state index contributed by atoms with van der Waals surface area (Å²) in [5, 5.41) is 3.76. The van der Waals surface area contributed by atoms with E-state index in [4.69, 9.17) is 9.15 Å². The molecule has 3 aromatic rings. The molecule has 5 nitrogen and oxygen atoms in total. The number of amides is 1. The first-order valence-electron chi connectivity index (χ1n) is 7.54. The Labute approximate surface area is 143 Å². The Morgan fingerprint density at radius 1 is 1.25 bits per heavy atom. The maximum absolute atomic E-state index is 12.2.